The van der Waals surface area contributed by atoms with Gasteiger partial charge in [-0.3, -0.25) is 4.79 Å². The van der Waals surface area contributed by atoms with Crippen LogP contribution in [0.5, 0.6) is 0 Å². The molecule has 18 heavy (non-hydrogen) atoms. The third-order valence-electron chi connectivity index (χ3n) is 2.53. The van der Waals surface area contributed by atoms with Crippen molar-refractivity contribution in [2.45, 2.75) is 6.42 Å². The Kier molecular flexibility index (Phi) is 4.31. The van der Waals surface area contributed by atoms with Gasteiger partial charge in [0, 0.05) is 18.3 Å². The summed E-state index contributed by atoms with van der Waals surface area (Å²) in [4.78, 5) is 15.6. The first-order chi connectivity index (χ1) is 8.75. The number of hydrogen-bond donors (Lipinski definition) is 1. The van der Waals surface area contributed by atoms with Crippen LogP contribution in [0.3, 0.4) is 0 Å². The van der Waals surface area contributed by atoms with E-state index in [4.69, 9.17) is 11.6 Å². The van der Waals surface area contributed by atoms with Crippen LogP contribution in [-0.2, 0) is 6.42 Å². The van der Waals surface area contributed by atoms with Crippen molar-refractivity contribution < 1.29 is 4.79 Å². The van der Waals surface area contributed by atoms with Gasteiger partial charge in [-0.15, -0.1) is 0 Å². The van der Waals surface area contributed by atoms with Gasteiger partial charge in [-0.25, -0.2) is 4.98 Å². The second kappa shape index (κ2) is 6.17. The molecular weight excluding hydrogens is 248 g/mol. The topological polar surface area (TPSA) is 42.0 Å². The number of pyridine rings is 1. The zero-order valence-corrected chi connectivity index (χ0v) is 10.5. The molecule has 2 aromatic rings. The van der Waals surface area contributed by atoms with Crippen LogP contribution >= 0.6 is 11.6 Å². The highest BCUT2D eigenvalue weighted by Gasteiger charge is 2.05. The molecule has 0 radical (unpaired) electrons. The Morgan fingerprint density at radius 3 is 2.72 bits per heavy atom. The smallest absolute Gasteiger partial charge is 0.251 e. The summed E-state index contributed by atoms with van der Waals surface area (Å²) in [5.41, 5.74) is 1.73. The Morgan fingerprint density at radius 2 is 2.00 bits per heavy atom. The molecule has 1 aromatic carbocycles. The molecule has 0 aliphatic rings. The second-order valence-electron chi connectivity index (χ2n) is 3.86. The lowest BCUT2D eigenvalue weighted by atomic mass is 10.1. The molecule has 92 valence electrons. The Bertz CT molecular complexity index is 528. The zero-order valence-electron chi connectivity index (χ0n) is 9.77. The third kappa shape index (κ3) is 3.57. The van der Waals surface area contributed by atoms with Crippen molar-refractivity contribution in [3.8, 4) is 0 Å². The van der Waals surface area contributed by atoms with E-state index in [1.165, 1.54) is 11.8 Å². The lowest BCUT2D eigenvalue weighted by Crippen LogP contribution is -2.25. The summed E-state index contributed by atoms with van der Waals surface area (Å²) >= 11 is 5.73. The highest BCUT2D eigenvalue weighted by atomic mass is 35.5. The highest BCUT2D eigenvalue weighted by Crippen LogP contribution is 2.06. The molecule has 0 atom stereocenters. The van der Waals surface area contributed by atoms with Crippen molar-refractivity contribution in [2.75, 3.05) is 6.54 Å². The molecule has 0 spiro atoms. The van der Waals surface area contributed by atoms with Crippen molar-refractivity contribution >= 4 is 17.5 Å². The number of rotatable bonds is 4. The number of nitrogens with zero attached hydrogens (tertiary/aromatic N) is 1. The van der Waals surface area contributed by atoms with Crippen LogP contribution in [0, 0.1) is 0 Å². The van der Waals surface area contributed by atoms with Gasteiger partial charge in [0.1, 0.15) is 5.15 Å². The second-order valence-corrected chi connectivity index (χ2v) is 4.25. The first kappa shape index (κ1) is 12.6. The number of carbonyl (C=O) groups excluding carboxylic acids is 1. The van der Waals surface area contributed by atoms with Crippen LogP contribution in [0.25, 0.3) is 0 Å². The molecule has 2 rings (SSSR count). The van der Waals surface area contributed by atoms with Gasteiger partial charge in [-0.2, -0.15) is 0 Å². The molecule has 0 unspecified atom stereocenters. The molecule has 0 bridgehead atoms. The fourth-order valence-electron chi connectivity index (χ4n) is 1.61. The summed E-state index contributed by atoms with van der Waals surface area (Å²) < 4.78 is 0. The van der Waals surface area contributed by atoms with Crippen LogP contribution in [0.1, 0.15) is 15.9 Å². The normalized spacial score (nSPS) is 10.1. The standard InChI is InChI=1S/C14H13ClN2O/c15-13-10-12(7-9-16-13)14(18)17-8-6-11-4-2-1-3-5-11/h1-5,7,9-10H,6,8H2,(H,17,18). The zero-order chi connectivity index (χ0) is 12.8. The van der Waals surface area contributed by atoms with Crippen LogP contribution in [0.2, 0.25) is 5.15 Å². The molecule has 0 fully saturated rings. The van der Waals surface area contributed by atoms with Crippen molar-refractivity contribution in [3.05, 3.63) is 64.9 Å². The number of halogens is 1. The fourth-order valence-corrected chi connectivity index (χ4v) is 1.78. The highest BCUT2D eigenvalue weighted by molar-refractivity contribution is 6.29. The first-order valence-corrected chi connectivity index (χ1v) is 6.07. The maximum atomic E-state index is 11.8. The largest absolute Gasteiger partial charge is 0.352 e. The van der Waals surface area contributed by atoms with Crippen LogP contribution in [-0.4, -0.2) is 17.4 Å². The molecule has 0 saturated carbocycles. The summed E-state index contributed by atoms with van der Waals surface area (Å²) in [6.07, 6.45) is 2.33. The Balaban J connectivity index is 1.86. The molecular formula is C14H13ClN2O. The monoisotopic (exact) mass is 260 g/mol. The Labute approximate surface area is 111 Å². The number of aromatic nitrogens is 1. The molecule has 3 nitrogen and oxygen atoms in total. The minimum absolute atomic E-state index is 0.129. The average Bonchev–Trinajstić information content (AvgIpc) is 2.40. The predicted molar refractivity (Wildman–Crippen MR) is 71.7 cm³/mol. The average molecular weight is 261 g/mol. The predicted octanol–water partition coefficient (Wildman–Crippen LogP) is 2.71. The molecule has 0 aliphatic heterocycles. The Morgan fingerprint density at radius 1 is 1.22 bits per heavy atom. The number of carbonyl (C=O) groups is 1. The number of nitrogens with one attached hydrogen (secondary N) is 1. The van der Waals surface area contributed by atoms with Gasteiger partial charge in [-0.1, -0.05) is 41.9 Å². The SMILES string of the molecule is O=C(NCCc1ccccc1)c1ccnc(Cl)c1. The molecule has 1 N–H and O–H groups in total. The quantitative estimate of drug-likeness (QED) is 0.859. The van der Waals surface area contributed by atoms with Crippen LogP contribution in [0.4, 0.5) is 0 Å². The van der Waals surface area contributed by atoms with Gasteiger partial charge in [0.05, 0.1) is 0 Å². The van der Waals surface area contributed by atoms with Gasteiger partial charge < -0.3 is 5.32 Å². The van der Waals surface area contributed by atoms with Crippen molar-refractivity contribution in [3.63, 3.8) is 0 Å². The summed E-state index contributed by atoms with van der Waals surface area (Å²) in [6.45, 7) is 0.600. The lowest BCUT2D eigenvalue weighted by Gasteiger charge is -2.05. The van der Waals surface area contributed by atoms with E-state index in [1.54, 1.807) is 12.1 Å². The minimum Gasteiger partial charge on any atom is -0.352 e. The number of amides is 1. The molecule has 1 amide bonds. The first-order valence-electron chi connectivity index (χ1n) is 5.69. The fraction of sp³-hybridized carbons (Fsp3) is 0.143. The van der Waals surface area contributed by atoms with E-state index in [0.717, 1.165) is 6.42 Å². The van der Waals surface area contributed by atoms with Gasteiger partial charge in [0.2, 0.25) is 0 Å². The van der Waals surface area contributed by atoms with Gasteiger partial charge >= 0.3 is 0 Å². The molecule has 0 aliphatic carbocycles. The lowest BCUT2D eigenvalue weighted by molar-refractivity contribution is 0.0954. The van der Waals surface area contributed by atoms with E-state index < -0.39 is 0 Å². The number of hydrogen-bond acceptors (Lipinski definition) is 2. The maximum absolute atomic E-state index is 11.8. The van der Waals surface area contributed by atoms with Crippen molar-refractivity contribution in [1.29, 1.82) is 0 Å². The van der Waals surface area contributed by atoms with E-state index >= 15 is 0 Å². The van der Waals surface area contributed by atoms with E-state index in [2.05, 4.69) is 10.3 Å². The molecule has 1 heterocycles. The molecule has 1 aromatic heterocycles. The summed E-state index contributed by atoms with van der Waals surface area (Å²) in [5.74, 6) is -0.129. The van der Waals surface area contributed by atoms with Gasteiger partial charge in [0.15, 0.2) is 0 Å². The summed E-state index contributed by atoms with van der Waals surface area (Å²) in [6, 6.07) is 13.2. The van der Waals surface area contributed by atoms with Crippen molar-refractivity contribution in [1.82, 2.24) is 10.3 Å². The maximum Gasteiger partial charge on any atom is 0.251 e. The van der Waals surface area contributed by atoms with Crippen LogP contribution < -0.4 is 5.32 Å². The van der Waals surface area contributed by atoms with Crippen molar-refractivity contribution in [2.24, 2.45) is 0 Å². The Hall–Kier alpha value is -1.87. The molecule has 0 saturated heterocycles. The summed E-state index contributed by atoms with van der Waals surface area (Å²) in [5, 5.41) is 3.17. The van der Waals surface area contributed by atoms with E-state index in [-0.39, 0.29) is 5.91 Å². The van der Waals surface area contributed by atoms with E-state index in [1.807, 2.05) is 30.3 Å². The van der Waals surface area contributed by atoms with Gasteiger partial charge in [-0.05, 0) is 24.1 Å². The third-order valence-corrected chi connectivity index (χ3v) is 2.74. The summed E-state index contributed by atoms with van der Waals surface area (Å²) in [7, 11) is 0. The van der Waals surface area contributed by atoms with E-state index in [0.29, 0.717) is 17.3 Å². The number of benzene rings is 1. The molecule has 4 heteroatoms. The van der Waals surface area contributed by atoms with E-state index in [9.17, 15) is 4.79 Å². The van der Waals surface area contributed by atoms with Gasteiger partial charge in [0.25, 0.3) is 5.91 Å². The minimum atomic E-state index is -0.129. The van der Waals surface area contributed by atoms with Crippen LogP contribution in [0.15, 0.2) is 48.7 Å².